The van der Waals surface area contributed by atoms with Crippen LogP contribution in [0.25, 0.3) is 11.1 Å². The Bertz CT molecular complexity index is 621. The number of fused-ring (bicyclic) bond motifs is 3. The summed E-state index contributed by atoms with van der Waals surface area (Å²) < 4.78 is 0. The summed E-state index contributed by atoms with van der Waals surface area (Å²) in [6, 6.07) is 17.3. The van der Waals surface area contributed by atoms with E-state index in [0.29, 0.717) is 0 Å². The van der Waals surface area contributed by atoms with E-state index in [-0.39, 0.29) is 18.1 Å². The molecule has 1 N–H and O–H groups in total. The van der Waals surface area contributed by atoms with E-state index in [0.717, 1.165) is 13.0 Å². The fourth-order valence-corrected chi connectivity index (χ4v) is 4.15. The number of likely N-dealkylation sites (N-methyl/N-ethyl adjacent to an activating group) is 1. The van der Waals surface area contributed by atoms with Crippen LogP contribution in [0.4, 0.5) is 0 Å². The maximum absolute atomic E-state index is 11.1. The third-order valence-corrected chi connectivity index (χ3v) is 5.19. The summed E-state index contributed by atoms with van der Waals surface area (Å²) in [6.45, 7) is 1.09. The Morgan fingerprint density at radius 3 is 2.10 bits per heavy atom. The number of aliphatic hydroxyl groups is 1. The van der Waals surface area contributed by atoms with Crippen molar-refractivity contribution >= 4 is 0 Å². The van der Waals surface area contributed by atoms with E-state index in [2.05, 4.69) is 60.5 Å². The lowest BCUT2D eigenvalue weighted by Crippen LogP contribution is -2.40. The van der Waals surface area contributed by atoms with E-state index in [1.54, 1.807) is 0 Å². The summed E-state index contributed by atoms with van der Waals surface area (Å²) in [7, 11) is 2.13. The maximum Gasteiger partial charge on any atom is 0.0804 e. The first-order chi connectivity index (χ1) is 10.3. The van der Waals surface area contributed by atoms with Crippen LogP contribution in [0.15, 0.2) is 48.5 Å². The summed E-state index contributed by atoms with van der Waals surface area (Å²) >= 11 is 0. The van der Waals surface area contributed by atoms with Crippen molar-refractivity contribution in [3.63, 3.8) is 0 Å². The normalized spacial score (nSPS) is 23.0. The van der Waals surface area contributed by atoms with Gasteiger partial charge in [0.2, 0.25) is 0 Å². The van der Waals surface area contributed by atoms with Gasteiger partial charge in [0.05, 0.1) is 6.10 Å². The fourth-order valence-electron chi connectivity index (χ4n) is 4.15. The summed E-state index contributed by atoms with van der Waals surface area (Å²) in [5, 5.41) is 11.1. The molecule has 1 heterocycles. The van der Waals surface area contributed by atoms with Crippen LogP contribution in [0, 0.1) is 0 Å². The van der Waals surface area contributed by atoms with Crippen LogP contribution >= 0.6 is 0 Å². The molecule has 4 rings (SSSR count). The van der Waals surface area contributed by atoms with Gasteiger partial charge in [0.25, 0.3) is 0 Å². The molecule has 2 aliphatic rings. The molecule has 0 spiro atoms. The van der Waals surface area contributed by atoms with E-state index < -0.39 is 0 Å². The zero-order valence-electron chi connectivity index (χ0n) is 12.4. The Morgan fingerprint density at radius 1 is 1.00 bits per heavy atom. The van der Waals surface area contributed by atoms with Gasteiger partial charge in [-0.25, -0.2) is 0 Å². The molecule has 1 saturated heterocycles. The van der Waals surface area contributed by atoms with Gasteiger partial charge in [-0.15, -0.1) is 0 Å². The van der Waals surface area contributed by atoms with Crippen molar-refractivity contribution in [2.75, 3.05) is 13.6 Å². The van der Waals surface area contributed by atoms with Crippen LogP contribution in [-0.2, 0) is 0 Å². The Hall–Kier alpha value is -1.64. The van der Waals surface area contributed by atoms with Crippen LogP contribution in [0.2, 0.25) is 0 Å². The summed E-state index contributed by atoms with van der Waals surface area (Å²) in [4.78, 5) is 2.31. The molecule has 0 bridgehead atoms. The molecule has 1 fully saturated rings. The van der Waals surface area contributed by atoms with Gasteiger partial charge in [-0.2, -0.15) is 0 Å². The maximum atomic E-state index is 11.1. The Labute approximate surface area is 126 Å². The molecule has 2 nitrogen and oxygen atoms in total. The minimum Gasteiger partial charge on any atom is -0.391 e. The highest BCUT2D eigenvalue weighted by atomic mass is 16.3. The topological polar surface area (TPSA) is 23.5 Å². The van der Waals surface area contributed by atoms with Gasteiger partial charge < -0.3 is 10.0 Å². The molecule has 2 aromatic rings. The predicted octanol–water partition coefficient (Wildman–Crippen LogP) is 3.25. The van der Waals surface area contributed by atoms with Crippen LogP contribution in [0.1, 0.15) is 29.9 Å². The van der Waals surface area contributed by atoms with Crippen LogP contribution in [0.5, 0.6) is 0 Å². The first-order valence-corrected chi connectivity index (χ1v) is 7.84. The Balaban J connectivity index is 1.81. The molecule has 0 aromatic heterocycles. The molecular formula is C19H21NO. The van der Waals surface area contributed by atoms with Gasteiger partial charge in [-0.3, -0.25) is 0 Å². The van der Waals surface area contributed by atoms with Gasteiger partial charge in [0.15, 0.2) is 0 Å². The highest BCUT2D eigenvalue weighted by Gasteiger charge is 2.39. The molecule has 0 saturated carbocycles. The Kier molecular flexibility index (Phi) is 3.09. The lowest BCUT2D eigenvalue weighted by atomic mass is 9.86. The molecule has 2 heteroatoms. The molecule has 1 aliphatic carbocycles. The number of aliphatic hydroxyl groups excluding tert-OH is 1. The second kappa shape index (κ2) is 4.97. The first-order valence-electron chi connectivity index (χ1n) is 7.84. The summed E-state index contributed by atoms with van der Waals surface area (Å²) in [5.41, 5.74) is 5.15. The minimum absolute atomic E-state index is 0.114. The lowest BCUT2D eigenvalue weighted by Gasteiger charge is -2.30. The van der Waals surface area contributed by atoms with Crippen LogP contribution in [0.3, 0.4) is 0 Å². The average Bonchev–Trinajstić information content (AvgIpc) is 3.08. The summed E-state index contributed by atoms with van der Waals surface area (Å²) in [5.74, 6) is 0.114. The predicted molar refractivity (Wildman–Crippen MR) is 85.4 cm³/mol. The Morgan fingerprint density at radius 2 is 1.57 bits per heavy atom. The third-order valence-electron chi connectivity index (χ3n) is 5.19. The van der Waals surface area contributed by atoms with Gasteiger partial charge >= 0.3 is 0 Å². The van der Waals surface area contributed by atoms with Crippen molar-refractivity contribution in [1.82, 2.24) is 4.90 Å². The average molecular weight is 279 g/mol. The number of likely N-dealkylation sites (tertiary alicyclic amines) is 1. The number of hydrogen-bond acceptors (Lipinski definition) is 2. The van der Waals surface area contributed by atoms with E-state index in [4.69, 9.17) is 0 Å². The molecule has 1 aliphatic heterocycles. The number of benzene rings is 2. The molecule has 2 atom stereocenters. The minimum atomic E-state index is -0.331. The second-order valence-corrected chi connectivity index (χ2v) is 6.33. The fraction of sp³-hybridized carbons (Fsp3) is 0.368. The first kappa shape index (κ1) is 13.1. The quantitative estimate of drug-likeness (QED) is 0.912. The lowest BCUT2D eigenvalue weighted by molar-refractivity contribution is 0.0733. The van der Waals surface area contributed by atoms with Crippen molar-refractivity contribution in [2.24, 2.45) is 0 Å². The molecule has 0 unspecified atom stereocenters. The highest BCUT2D eigenvalue weighted by molar-refractivity contribution is 5.79. The van der Waals surface area contributed by atoms with Crippen molar-refractivity contribution in [3.8, 4) is 11.1 Å². The zero-order chi connectivity index (χ0) is 14.4. The van der Waals surface area contributed by atoms with Gasteiger partial charge in [-0.05, 0) is 48.7 Å². The van der Waals surface area contributed by atoms with Gasteiger partial charge in [-0.1, -0.05) is 48.5 Å². The molecular weight excluding hydrogens is 258 g/mol. The summed E-state index contributed by atoms with van der Waals surface area (Å²) in [6.07, 6.45) is 1.95. The van der Waals surface area contributed by atoms with Crippen LogP contribution < -0.4 is 0 Å². The van der Waals surface area contributed by atoms with Crippen molar-refractivity contribution in [2.45, 2.75) is 30.9 Å². The number of hydrogen-bond donors (Lipinski definition) is 1. The monoisotopic (exact) mass is 279 g/mol. The second-order valence-electron chi connectivity index (χ2n) is 6.33. The van der Waals surface area contributed by atoms with E-state index >= 15 is 0 Å². The van der Waals surface area contributed by atoms with Crippen molar-refractivity contribution < 1.29 is 5.11 Å². The highest BCUT2D eigenvalue weighted by Crippen LogP contribution is 2.47. The van der Waals surface area contributed by atoms with E-state index in [1.807, 2.05) is 0 Å². The SMILES string of the molecule is CN1CCC[C@H]1[C@H](O)C1c2ccccc2-c2ccccc21. The van der Waals surface area contributed by atoms with Crippen molar-refractivity contribution in [1.29, 1.82) is 0 Å². The van der Waals surface area contributed by atoms with E-state index in [1.165, 1.54) is 28.7 Å². The standard InChI is InChI=1S/C19H21NO/c1-20-12-6-11-17(20)19(21)18-15-9-4-2-7-13(15)14-8-3-5-10-16(14)18/h2-5,7-10,17-19,21H,6,11-12H2,1H3/t17-,19-/m0/s1. The van der Waals surface area contributed by atoms with Gasteiger partial charge in [0, 0.05) is 12.0 Å². The molecule has 0 radical (unpaired) electrons. The molecule has 108 valence electrons. The van der Waals surface area contributed by atoms with Gasteiger partial charge in [0.1, 0.15) is 0 Å². The smallest absolute Gasteiger partial charge is 0.0804 e. The number of rotatable bonds is 2. The zero-order valence-corrected chi connectivity index (χ0v) is 12.4. The third kappa shape index (κ3) is 1.94. The number of nitrogens with zero attached hydrogens (tertiary/aromatic N) is 1. The molecule has 2 aromatic carbocycles. The molecule has 0 amide bonds. The molecule has 21 heavy (non-hydrogen) atoms. The van der Waals surface area contributed by atoms with Crippen molar-refractivity contribution in [3.05, 3.63) is 59.7 Å². The van der Waals surface area contributed by atoms with Crippen LogP contribution in [-0.4, -0.2) is 35.7 Å². The van der Waals surface area contributed by atoms with E-state index in [9.17, 15) is 5.11 Å². The largest absolute Gasteiger partial charge is 0.391 e.